The lowest BCUT2D eigenvalue weighted by atomic mass is 10.1. The summed E-state index contributed by atoms with van der Waals surface area (Å²) in [5.74, 6) is 0.232. The molecule has 3 aromatic rings. The molecular formula is C19H16N2O3. The summed E-state index contributed by atoms with van der Waals surface area (Å²) in [5, 5.41) is 8.07. The second-order valence-electron chi connectivity index (χ2n) is 5.24. The van der Waals surface area contributed by atoms with E-state index in [2.05, 4.69) is 10.2 Å². The Balaban J connectivity index is 1.73. The van der Waals surface area contributed by atoms with Crippen molar-refractivity contribution >= 4 is 5.97 Å². The van der Waals surface area contributed by atoms with Gasteiger partial charge in [-0.15, -0.1) is 10.2 Å². The second kappa shape index (κ2) is 6.91. The van der Waals surface area contributed by atoms with Crippen molar-refractivity contribution in [1.82, 2.24) is 10.2 Å². The molecule has 0 bridgehead atoms. The Hall–Kier alpha value is -3.21. The van der Waals surface area contributed by atoms with Gasteiger partial charge in [-0.25, -0.2) is 4.79 Å². The Morgan fingerprint density at radius 2 is 1.75 bits per heavy atom. The van der Waals surface area contributed by atoms with E-state index in [4.69, 9.17) is 9.47 Å². The van der Waals surface area contributed by atoms with Crippen molar-refractivity contribution < 1.29 is 14.3 Å². The quantitative estimate of drug-likeness (QED) is 0.686. The van der Waals surface area contributed by atoms with Gasteiger partial charge in [0.25, 0.3) is 0 Å². The average molecular weight is 320 g/mol. The summed E-state index contributed by atoms with van der Waals surface area (Å²) in [7, 11) is 1.54. The van der Waals surface area contributed by atoms with Gasteiger partial charge in [0.2, 0.25) is 5.88 Å². The van der Waals surface area contributed by atoms with Gasteiger partial charge in [0.15, 0.2) is 0 Å². The minimum Gasteiger partial charge on any atom is -0.497 e. The zero-order valence-electron chi connectivity index (χ0n) is 13.4. The first-order valence-corrected chi connectivity index (χ1v) is 7.43. The zero-order valence-corrected chi connectivity index (χ0v) is 13.4. The van der Waals surface area contributed by atoms with Crippen molar-refractivity contribution in [3.63, 3.8) is 0 Å². The molecule has 0 saturated heterocycles. The van der Waals surface area contributed by atoms with Crippen LogP contribution >= 0.6 is 0 Å². The molecule has 0 saturated carbocycles. The van der Waals surface area contributed by atoms with Gasteiger partial charge in [-0.05, 0) is 31.2 Å². The smallest absolute Gasteiger partial charge is 0.345 e. The number of methoxy groups -OCH3 is 1. The number of hydrogen-bond acceptors (Lipinski definition) is 5. The Morgan fingerprint density at radius 1 is 0.958 bits per heavy atom. The standard InChI is InChI=1S/C19H16N2O3/c1-13-6-8-14(9-7-13)17-10-11-18(21-20-17)24-19(22)15-4-3-5-16(12-15)23-2/h3-12H,1-2H3. The van der Waals surface area contributed by atoms with Crippen molar-refractivity contribution in [2.24, 2.45) is 0 Å². The summed E-state index contributed by atoms with van der Waals surface area (Å²) >= 11 is 0. The molecule has 120 valence electrons. The lowest BCUT2D eigenvalue weighted by Gasteiger charge is -2.05. The number of ether oxygens (including phenoxy) is 2. The number of benzene rings is 2. The molecule has 2 aromatic carbocycles. The summed E-state index contributed by atoms with van der Waals surface area (Å²) in [6.07, 6.45) is 0. The predicted octanol–water partition coefficient (Wildman–Crippen LogP) is 3.68. The number of aromatic nitrogens is 2. The first kappa shape index (κ1) is 15.7. The minimum atomic E-state index is -0.508. The van der Waals surface area contributed by atoms with Crippen molar-refractivity contribution in [2.45, 2.75) is 6.92 Å². The van der Waals surface area contributed by atoms with E-state index >= 15 is 0 Å². The Labute approximate surface area is 139 Å². The van der Waals surface area contributed by atoms with E-state index in [0.29, 0.717) is 11.3 Å². The van der Waals surface area contributed by atoms with Crippen LogP contribution in [0.1, 0.15) is 15.9 Å². The summed E-state index contributed by atoms with van der Waals surface area (Å²) in [6.45, 7) is 2.02. The second-order valence-corrected chi connectivity index (χ2v) is 5.24. The van der Waals surface area contributed by atoms with E-state index in [1.54, 1.807) is 43.5 Å². The van der Waals surface area contributed by atoms with Gasteiger partial charge >= 0.3 is 5.97 Å². The molecule has 0 aliphatic carbocycles. The SMILES string of the molecule is COc1cccc(C(=O)Oc2ccc(-c3ccc(C)cc3)nn2)c1. The maximum absolute atomic E-state index is 12.1. The molecule has 0 atom stereocenters. The third kappa shape index (κ3) is 3.57. The number of esters is 1. The molecule has 1 aromatic heterocycles. The van der Waals surface area contributed by atoms with E-state index in [1.807, 2.05) is 31.2 Å². The van der Waals surface area contributed by atoms with Crippen molar-refractivity contribution in [1.29, 1.82) is 0 Å². The fourth-order valence-electron chi connectivity index (χ4n) is 2.16. The number of nitrogens with zero attached hydrogens (tertiary/aromatic N) is 2. The molecule has 0 radical (unpaired) electrons. The molecule has 1 heterocycles. The highest BCUT2D eigenvalue weighted by molar-refractivity contribution is 5.91. The Morgan fingerprint density at radius 3 is 2.42 bits per heavy atom. The van der Waals surface area contributed by atoms with Gasteiger partial charge in [-0.3, -0.25) is 0 Å². The number of carbonyl (C=O) groups excluding carboxylic acids is 1. The molecule has 0 unspecified atom stereocenters. The van der Waals surface area contributed by atoms with Crippen LogP contribution in [0.4, 0.5) is 0 Å². The molecule has 5 nitrogen and oxygen atoms in total. The summed E-state index contributed by atoms with van der Waals surface area (Å²) in [6, 6.07) is 18.1. The van der Waals surface area contributed by atoms with Crippen LogP contribution in [0.5, 0.6) is 11.6 Å². The van der Waals surface area contributed by atoms with Gasteiger partial charge in [-0.1, -0.05) is 35.9 Å². The third-order valence-corrected chi connectivity index (χ3v) is 3.49. The lowest BCUT2D eigenvalue weighted by Crippen LogP contribution is -2.10. The van der Waals surface area contributed by atoms with E-state index in [-0.39, 0.29) is 5.88 Å². The van der Waals surface area contributed by atoms with Crippen LogP contribution < -0.4 is 9.47 Å². The molecule has 5 heteroatoms. The molecule has 24 heavy (non-hydrogen) atoms. The van der Waals surface area contributed by atoms with E-state index in [1.165, 1.54) is 5.56 Å². The summed E-state index contributed by atoms with van der Waals surface area (Å²) < 4.78 is 10.3. The van der Waals surface area contributed by atoms with Gasteiger partial charge < -0.3 is 9.47 Å². The van der Waals surface area contributed by atoms with Crippen molar-refractivity contribution in [3.8, 4) is 22.9 Å². The lowest BCUT2D eigenvalue weighted by molar-refractivity contribution is 0.0725. The molecule has 0 aliphatic heterocycles. The topological polar surface area (TPSA) is 61.3 Å². The largest absolute Gasteiger partial charge is 0.497 e. The molecule has 3 rings (SSSR count). The highest BCUT2D eigenvalue weighted by Gasteiger charge is 2.11. The zero-order chi connectivity index (χ0) is 16.9. The highest BCUT2D eigenvalue weighted by Crippen LogP contribution is 2.19. The van der Waals surface area contributed by atoms with Gasteiger partial charge in [0.1, 0.15) is 5.75 Å². The van der Waals surface area contributed by atoms with Crippen LogP contribution in [0, 0.1) is 6.92 Å². The van der Waals surface area contributed by atoms with Crippen LogP contribution in [0.15, 0.2) is 60.7 Å². The Kier molecular flexibility index (Phi) is 4.52. The van der Waals surface area contributed by atoms with Crippen LogP contribution in [-0.2, 0) is 0 Å². The number of rotatable bonds is 4. The van der Waals surface area contributed by atoms with E-state index in [0.717, 1.165) is 11.3 Å². The molecule has 0 fully saturated rings. The minimum absolute atomic E-state index is 0.152. The first-order valence-electron chi connectivity index (χ1n) is 7.43. The van der Waals surface area contributed by atoms with Gasteiger partial charge in [-0.2, -0.15) is 0 Å². The maximum Gasteiger partial charge on any atom is 0.345 e. The summed E-state index contributed by atoms with van der Waals surface area (Å²) in [4.78, 5) is 12.1. The summed E-state index contributed by atoms with van der Waals surface area (Å²) in [5.41, 5.74) is 3.24. The maximum atomic E-state index is 12.1. The third-order valence-electron chi connectivity index (χ3n) is 3.49. The number of hydrogen-bond donors (Lipinski definition) is 0. The van der Waals surface area contributed by atoms with Crippen LogP contribution in [-0.4, -0.2) is 23.3 Å². The molecule has 0 N–H and O–H groups in total. The first-order chi connectivity index (χ1) is 11.7. The molecule has 0 spiro atoms. The van der Waals surface area contributed by atoms with Gasteiger partial charge in [0, 0.05) is 11.6 Å². The normalized spacial score (nSPS) is 10.2. The number of carbonyl (C=O) groups is 1. The van der Waals surface area contributed by atoms with Crippen molar-refractivity contribution in [2.75, 3.05) is 7.11 Å². The van der Waals surface area contributed by atoms with E-state index < -0.39 is 5.97 Å². The molecule has 0 aliphatic rings. The van der Waals surface area contributed by atoms with E-state index in [9.17, 15) is 4.79 Å². The van der Waals surface area contributed by atoms with Crippen LogP contribution in [0.25, 0.3) is 11.3 Å². The van der Waals surface area contributed by atoms with Gasteiger partial charge in [0.05, 0.1) is 18.4 Å². The molecule has 0 amide bonds. The fraction of sp³-hybridized carbons (Fsp3) is 0.105. The number of aryl methyl sites for hydroxylation is 1. The fourth-order valence-corrected chi connectivity index (χ4v) is 2.16. The predicted molar refractivity (Wildman–Crippen MR) is 90.2 cm³/mol. The molecular weight excluding hydrogens is 304 g/mol. The Bertz CT molecular complexity index is 843. The van der Waals surface area contributed by atoms with Crippen LogP contribution in [0.2, 0.25) is 0 Å². The van der Waals surface area contributed by atoms with Crippen molar-refractivity contribution in [3.05, 3.63) is 71.8 Å². The monoisotopic (exact) mass is 320 g/mol. The average Bonchev–Trinajstić information content (AvgIpc) is 2.63. The van der Waals surface area contributed by atoms with Crippen LogP contribution in [0.3, 0.4) is 0 Å². The highest BCUT2D eigenvalue weighted by atomic mass is 16.5.